The molecule has 6 rings (SSSR count). The summed E-state index contributed by atoms with van der Waals surface area (Å²) in [7, 11) is -3.77. The van der Waals surface area contributed by atoms with Crippen LogP contribution in [0, 0.1) is 0 Å². The molecule has 0 fully saturated rings. The van der Waals surface area contributed by atoms with Gasteiger partial charge in [-0.3, -0.25) is 0 Å². The Morgan fingerprint density at radius 3 is 0.977 bits per heavy atom. The summed E-state index contributed by atoms with van der Waals surface area (Å²) in [6.45, 7) is 28.9. The minimum Gasteiger partial charge on any atom is -0.466 e. The van der Waals surface area contributed by atoms with Crippen molar-refractivity contribution < 1.29 is 8.83 Å². The molecule has 0 unspecified atom stereocenters. The summed E-state index contributed by atoms with van der Waals surface area (Å²) in [5.74, 6) is 0. The monoisotopic (exact) mass is 620 g/mol. The minimum atomic E-state index is -1.89. The molecule has 0 saturated heterocycles. The first-order chi connectivity index (χ1) is 20.7. The largest absolute Gasteiger partial charge is 0.466 e. The van der Waals surface area contributed by atoms with Gasteiger partial charge < -0.3 is 8.83 Å². The Labute approximate surface area is 266 Å². The fraction of sp³-hybridized carbons (Fsp3) is 0.450. The van der Waals surface area contributed by atoms with Gasteiger partial charge in [-0.15, -0.1) is 0 Å². The first-order valence-electron chi connectivity index (χ1n) is 17.0. The van der Waals surface area contributed by atoms with E-state index in [4.69, 9.17) is 8.83 Å². The molecule has 44 heavy (non-hydrogen) atoms. The van der Waals surface area contributed by atoms with Crippen LogP contribution in [0.3, 0.4) is 0 Å². The lowest BCUT2D eigenvalue weighted by Crippen LogP contribution is -2.55. The molecule has 4 heteroatoms. The third kappa shape index (κ3) is 4.30. The Bertz CT molecular complexity index is 1810. The quantitative estimate of drug-likeness (QED) is 0.125. The molecule has 0 radical (unpaired) electrons. The Hall–Kier alpha value is -2.83. The van der Waals surface area contributed by atoms with Crippen molar-refractivity contribution >= 4 is 81.2 Å². The van der Waals surface area contributed by atoms with Crippen LogP contribution >= 0.6 is 0 Å². The predicted octanol–water partition coefficient (Wildman–Crippen LogP) is 12.4. The Balaban J connectivity index is 1.56. The lowest BCUT2D eigenvalue weighted by Gasteiger charge is -2.40. The fourth-order valence-electron chi connectivity index (χ4n) is 10.1. The summed E-state index contributed by atoms with van der Waals surface area (Å²) >= 11 is 0. The maximum atomic E-state index is 6.86. The van der Waals surface area contributed by atoms with Crippen LogP contribution in [0.2, 0.25) is 33.2 Å². The van der Waals surface area contributed by atoms with Crippen molar-refractivity contribution in [2.45, 2.75) is 116 Å². The highest BCUT2D eigenvalue weighted by molar-refractivity contribution is 6.94. The van der Waals surface area contributed by atoms with Crippen LogP contribution in [-0.4, -0.2) is 16.1 Å². The van der Waals surface area contributed by atoms with Gasteiger partial charge in [0.15, 0.2) is 0 Å². The summed E-state index contributed by atoms with van der Waals surface area (Å²) in [4.78, 5) is 0. The molecule has 6 aromatic rings. The van der Waals surface area contributed by atoms with Crippen molar-refractivity contribution in [1.82, 2.24) is 0 Å². The predicted molar refractivity (Wildman–Crippen MR) is 200 cm³/mol. The van der Waals surface area contributed by atoms with Crippen LogP contribution < -0.4 is 10.8 Å². The van der Waals surface area contributed by atoms with Crippen LogP contribution in [0.5, 0.6) is 0 Å². The highest BCUT2D eigenvalue weighted by atomic mass is 28.3. The van der Waals surface area contributed by atoms with Gasteiger partial charge in [-0.1, -0.05) is 107 Å². The highest BCUT2D eigenvalue weighted by Gasteiger charge is 2.48. The van der Waals surface area contributed by atoms with E-state index in [1.165, 1.54) is 53.9 Å². The normalized spacial score (nSPS) is 13.8. The molecule has 2 aromatic heterocycles. The van der Waals surface area contributed by atoms with Crippen molar-refractivity contribution in [1.29, 1.82) is 0 Å². The van der Waals surface area contributed by atoms with Crippen molar-refractivity contribution in [3.05, 3.63) is 60.7 Å². The minimum absolute atomic E-state index is 0.609. The van der Waals surface area contributed by atoms with Crippen molar-refractivity contribution in [3.8, 4) is 0 Å². The number of furan rings is 2. The van der Waals surface area contributed by atoms with Crippen LogP contribution in [-0.2, 0) is 0 Å². The number of hydrogen-bond acceptors (Lipinski definition) is 2. The average molecular weight is 621 g/mol. The second-order valence-corrected chi connectivity index (χ2v) is 27.1. The molecule has 232 valence electrons. The molecule has 2 nitrogen and oxygen atoms in total. The summed E-state index contributed by atoms with van der Waals surface area (Å²) < 4.78 is 13.7. The molecular weight excluding hydrogens is 569 g/mol. The van der Waals surface area contributed by atoms with Crippen LogP contribution in [0.15, 0.2) is 69.5 Å². The Morgan fingerprint density at radius 1 is 0.364 bits per heavy atom. The third-order valence-electron chi connectivity index (χ3n) is 11.7. The smallest absolute Gasteiger partial charge is 0.140 e. The molecule has 0 amide bonds. The zero-order valence-corrected chi connectivity index (χ0v) is 31.1. The number of fused-ring (bicyclic) bond motifs is 7. The lowest BCUT2D eigenvalue weighted by atomic mass is 9.96. The number of benzene rings is 4. The third-order valence-corrected chi connectivity index (χ3v) is 25.4. The first-order valence-corrected chi connectivity index (χ1v) is 21.5. The summed E-state index contributed by atoms with van der Waals surface area (Å²) in [5.41, 5.74) is 5.69. The van der Waals surface area contributed by atoms with E-state index < -0.39 is 16.1 Å². The molecule has 0 aliphatic carbocycles. The van der Waals surface area contributed by atoms with E-state index in [0.717, 1.165) is 11.2 Å². The molecule has 2 heterocycles. The van der Waals surface area contributed by atoms with Gasteiger partial charge in [-0.25, -0.2) is 0 Å². The molecule has 0 saturated carbocycles. The number of hydrogen-bond donors (Lipinski definition) is 0. The van der Waals surface area contributed by atoms with Gasteiger partial charge in [0.2, 0.25) is 0 Å². The molecule has 4 aromatic carbocycles. The van der Waals surface area contributed by atoms with Gasteiger partial charge in [0.1, 0.15) is 27.3 Å². The zero-order chi connectivity index (χ0) is 31.9. The van der Waals surface area contributed by atoms with E-state index in [1.807, 2.05) is 0 Å². The van der Waals surface area contributed by atoms with Gasteiger partial charge in [0, 0.05) is 10.8 Å². The highest BCUT2D eigenvalue weighted by Crippen LogP contribution is 2.44. The van der Waals surface area contributed by atoms with Crippen molar-refractivity contribution in [2.24, 2.45) is 0 Å². The summed E-state index contributed by atoms with van der Waals surface area (Å²) in [5, 5.41) is 12.6. The van der Waals surface area contributed by atoms with E-state index in [0.29, 0.717) is 33.2 Å². The van der Waals surface area contributed by atoms with Crippen molar-refractivity contribution in [2.75, 3.05) is 0 Å². The lowest BCUT2D eigenvalue weighted by molar-refractivity contribution is 0.634. The fourth-order valence-corrected chi connectivity index (χ4v) is 22.9. The molecular formula is C40H52O2Si2. The molecule has 0 N–H and O–H groups in total. The second kappa shape index (κ2) is 10.9. The average Bonchev–Trinajstić information content (AvgIpc) is 3.53. The first kappa shape index (κ1) is 31.2. The molecule has 0 spiro atoms. The zero-order valence-electron chi connectivity index (χ0n) is 29.1. The Kier molecular flexibility index (Phi) is 7.73. The maximum Gasteiger partial charge on any atom is 0.140 e. The van der Waals surface area contributed by atoms with E-state index in [1.54, 1.807) is 0 Å². The summed E-state index contributed by atoms with van der Waals surface area (Å²) in [6, 6.07) is 23.3. The van der Waals surface area contributed by atoms with Gasteiger partial charge in [0.25, 0.3) is 0 Å². The second-order valence-electron chi connectivity index (χ2n) is 15.5. The molecule has 0 bridgehead atoms. The van der Waals surface area contributed by atoms with E-state index in [-0.39, 0.29) is 0 Å². The molecule has 0 aliphatic rings. The maximum absolute atomic E-state index is 6.86. The van der Waals surface area contributed by atoms with Crippen LogP contribution in [0.25, 0.3) is 54.3 Å². The van der Waals surface area contributed by atoms with Gasteiger partial charge in [0.05, 0.1) is 10.8 Å². The van der Waals surface area contributed by atoms with Crippen LogP contribution in [0.1, 0.15) is 83.1 Å². The van der Waals surface area contributed by atoms with E-state index in [9.17, 15) is 0 Å². The molecule has 0 aliphatic heterocycles. The molecule has 0 atom stereocenters. The standard InChI is InChI=1S/C40H52O2Si2/c1-23(2)43(24(3)4,25(5)6)39-19-31-17-29-13-15-34-33(35(29)21-37(31)41-39)16-14-30-18-32-20-40(42-38(32)22-36(30)34)44(26(7)8,27(9)10)28(11)12/h13-28H,1-12H3. The van der Waals surface area contributed by atoms with E-state index in [2.05, 4.69) is 144 Å². The van der Waals surface area contributed by atoms with Gasteiger partial charge >= 0.3 is 0 Å². The van der Waals surface area contributed by atoms with Gasteiger partial charge in [-0.2, -0.15) is 0 Å². The van der Waals surface area contributed by atoms with E-state index >= 15 is 0 Å². The summed E-state index contributed by atoms with van der Waals surface area (Å²) in [6.07, 6.45) is 0. The topological polar surface area (TPSA) is 26.3 Å². The van der Waals surface area contributed by atoms with Gasteiger partial charge in [-0.05, 0) is 102 Å². The SMILES string of the molecule is CC(C)[Si](c1cc2cc3ccc4c5cc6oc([Si](C(C)C)(C(C)C)C(C)C)cc6cc5ccc4c3cc2o1)(C(C)C)C(C)C. The number of rotatable bonds is 8. The van der Waals surface area contributed by atoms with Crippen LogP contribution in [0.4, 0.5) is 0 Å². The van der Waals surface area contributed by atoms with Crippen molar-refractivity contribution in [3.63, 3.8) is 0 Å². The Morgan fingerprint density at radius 2 is 0.682 bits per heavy atom.